The SMILES string of the molecule is CCC(CC#N)NCC1CCCCN1. The molecule has 0 aromatic carbocycles. The van der Waals surface area contributed by atoms with E-state index in [1.54, 1.807) is 0 Å². The molecule has 0 radical (unpaired) electrons. The fourth-order valence-electron chi connectivity index (χ4n) is 1.88. The maximum atomic E-state index is 8.60. The predicted octanol–water partition coefficient (Wildman–Crippen LogP) is 1.41. The molecule has 1 aliphatic heterocycles. The van der Waals surface area contributed by atoms with Gasteiger partial charge in [-0.15, -0.1) is 0 Å². The first kappa shape index (κ1) is 11.5. The lowest BCUT2D eigenvalue weighted by atomic mass is 10.0. The van der Waals surface area contributed by atoms with E-state index in [0.717, 1.165) is 19.5 Å². The van der Waals surface area contributed by atoms with Gasteiger partial charge in [-0.05, 0) is 25.8 Å². The molecule has 1 saturated heterocycles. The number of nitriles is 1. The molecule has 0 aromatic rings. The summed E-state index contributed by atoms with van der Waals surface area (Å²) in [5.74, 6) is 0. The third kappa shape index (κ3) is 4.08. The van der Waals surface area contributed by atoms with E-state index >= 15 is 0 Å². The number of rotatable bonds is 5. The molecule has 2 N–H and O–H groups in total. The van der Waals surface area contributed by atoms with Crippen LogP contribution < -0.4 is 10.6 Å². The average Bonchev–Trinajstić information content (AvgIpc) is 2.25. The molecule has 1 aliphatic rings. The molecule has 1 heterocycles. The summed E-state index contributed by atoms with van der Waals surface area (Å²) >= 11 is 0. The molecule has 0 aliphatic carbocycles. The second kappa shape index (κ2) is 6.80. The van der Waals surface area contributed by atoms with Crippen LogP contribution in [-0.2, 0) is 0 Å². The number of piperidine rings is 1. The Kier molecular flexibility index (Phi) is 5.58. The van der Waals surface area contributed by atoms with Crippen LogP contribution in [0, 0.1) is 11.3 Å². The molecule has 0 aromatic heterocycles. The van der Waals surface area contributed by atoms with Gasteiger partial charge in [-0.2, -0.15) is 5.26 Å². The van der Waals surface area contributed by atoms with E-state index in [4.69, 9.17) is 5.26 Å². The van der Waals surface area contributed by atoms with Crippen molar-refractivity contribution < 1.29 is 0 Å². The van der Waals surface area contributed by atoms with Gasteiger partial charge >= 0.3 is 0 Å². The summed E-state index contributed by atoms with van der Waals surface area (Å²) in [6.45, 7) is 4.30. The molecule has 1 fully saturated rings. The topological polar surface area (TPSA) is 47.9 Å². The molecule has 2 atom stereocenters. The van der Waals surface area contributed by atoms with E-state index in [-0.39, 0.29) is 0 Å². The molecule has 0 amide bonds. The van der Waals surface area contributed by atoms with Crippen molar-refractivity contribution >= 4 is 0 Å². The fourth-order valence-corrected chi connectivity index (χ4v) is 1.88. The first-order valence-corrected chi connectivity index (χ1v) is 5.70. The zero-order valence-corrected chi connectivity index (χ0v) is 9.05. The van der Waals surface area contributed by atoms with E-state index in [2.05, 4.69) is 23.6 Å². The Morgan fingerprint density at radius 1 is 1.57 bits per heavy atom. The van der Waals surface area contributed by atoms with Crippen molar-refractivity contribution in [1.82, 2.24) is 10.6 Å². The first-order chi connectivity index (χ1) is 6.86. The fraction of sp³-hybridized carbons (Fsp3) is 0.909. The Bertz CT molecular complexity index is 179. The van der Waals surface area contributed by atoms with Gasteiger partial charge in [0.1, 0.15) is 0 Å². The minimum absolute atomic E-state index is 0.378. The van der Waals surface area contributed by atoms with Gasteiger partial charge in [-0.3, -0.25) is 0 Å². The average molecular weight is 195 g/mol. The molecule has 80 valence electrons. The molecule has 0 saturated carbocycles. The minimum atomic E-state index is 0.378. The molecule has 0 bridgehead atoms. The van der Waals surface area contributed by atoms with Crippen LogP contribution in [0.4, 0.5) is 0 Å². The van der Waals surface area contributed by atoms with Crippen LogP contribution in [0.25, 0.3) is 0 Å². The standard InChI is InChI=1S/C11H21N3/c1-2-10(6-7-12)14-9-11-5-3-4-8-13-11/h10-11,13-14H,2-6,8-9H2,1H3. The van der Waals surface area contributed by atoms with E-state index in [1.165, 1.54) is 19.3 Å². The highest BCUT2D eigenvalue weighted by Crippen LogP contribution is 2.06. The second-order valence-corrected chi connectivity index (χ2v) is 4.02. The van der Waals surface area contributed by atoms with E-state index in [9.17, 15) is 0 Å². The Hall–Kier alpha value is -0.590. The quantitative estimate of drug-likeness (QED) is 0.697. The third-order valence-corrected chi connectivity index (χ3v) is 2.90. The Labute approximate surface area is 86.9 Å². The smallest absolute Gasteiger partial charge is 0.0638 e. The van der Waals surface area contributed by atoms with Crippen molar-refractivity contribution in [3.05, 3.63) is 0 Å². The van der Waals surface area contributed by atoms with E-state index in [0.29, 0.717) is 18.5 Å². The van der Waals surface area contributed by atoms with Crippen LogP contribution in [0.15, 0.2) is 0 Å². The molecule has 2 unspecified atom stereocenters. The minimum Gasteiger partial charge on any atom is -0.313 e. The molecular weight excluding hydrogens is 174 g/mol. The van der Waals surface area contributed by atoms with Crippen LogP contribution in [0.1, 0.15) is 39.0 Å². The lowest BCUT2D eigenvalue weighted by Crippen LogP contribution is -2.44. The number of nitrogens with zero attached hydrogens (tertiary/aromatic N) is 1. The maximum Gasteiger partial charge on any atom is 0.0638 e. The van der Waals surface area contributed by atoms with Crippen molar-refractivity contribution in [2.24, 2.45) is 0 Å². The summed E-state index contributed by atoms with van der Waals surface area (Å²) < 4.78 is 0. The van der Waals surface area contributed by atoms with Gasteiger partial charge in [-0.25, -0.2) is 0 Å². The lowest BCUT2D eigenvalue weighted by Gasteiger charge is -2.25. The number of hydrogen-bond donors (Lipinski definition) is 2. The molecular formula is C11H21N3. The third-order valence-electron chi connectivity index (χ3n) is 2.90. The van der Waals surface area contributed by atoms with Gasteiger partial charge < -0.3 is 10.6 Å². The van der Waals surface area contributed by atoms with Crippen LogP contribution in [0.2, 0.25) is 0 Å². The Morgan fingerprint density at radius 3 is 3.00 bits per heavy atom. The highest BCUT2D eigenvalue weighted by atomic mass is 15.0. The summed E-state index contributed by atoms with van der Waals surface area (Å²) in [6, 6.07) is 3.22. The molecule has 3 heteroatoms. The highest BCUT2D eigenvalue weighted by Gasteiger charge is 2.13. The maximum absolute atomic E-state index is 8.60. The van der Waals surface area contributed by atoms with E-state index in [1.807, 2.05) is 0 Å². The van der Waals surface area contributed by atoms with Crippen molar-refractivity contribution in [2.75, 3.05) is 13.1 Å². The van der Waals surface area contributed by atoms with Crippen molar-refractivity contribution in [1.29, 1.82) is 5.26 Å². The van der Waals surface area contributed by atoms with Crippen LogP contribution in [0.5, 0.6) is 0 Å². The molecule has 3 nitrogen and oxygen atoms in total. The summed E-state index contributed by atoms with van der Waals surface area (Å²) in [6.07, 6.45) is 5.60. The monoisotopic (exact) mass is 195 g/mol. The lowest BCUT2D eigenvalue weighted by molar-refractivity contribution is 0.363. The number of hydrogen-bond acceptors (Lipinski definition) is 3. The van der Waals surface area contributed by atoms with Crippen molar-refractivity contribution in [3.8, 4) is 6.07 Å². The summed E-state index contributed by atoms with van der Waals surface area (Å²) in [7, 11) is 0. The molecule has 1 rings (SSSR count). The normalized spacial score (nSPS) is 24.1. The summed E-state index contributed by atoms with van der Waals surface area (Å²) in [4.78, 5) is 0. The van der Waals surface area contributed by atoms with Crippen LogP contribution in [0.3, 0.4) is 0 Å². The van der Waals surface area contributed by atoms with Crippen LogP contribution in [-0.4, -0.2) is 25.2 Å². The van der Waals surface area contributed by atoms with Crippen LogP contribution >= 0.6 is 0 Å². The Balaban J connectivity index is 2.14. The van der Waals surface area contributed by atoms with Crippen molar-refractivity contribution in [3.63, 3.8) is 0 Å². The zero-order chi connectivity index (χ0) is 10.2. The number of nitrogens with one attached hydrogen (secondary N) is 2. The highest BCUT2D eigenvalue weighted by molar-refractivity contribution is 4.82. The molecule has 14 heavy (non-hydrogen) atoms. The van der Waals surface area contributed by atoms with Gasteiger partial charge in [0.25, 0.3) is 0 Å². The zero-order valence-electron chi connectivity index (χ0n) is 9.05. The van der Waals surface area contributed by atoms with Gasteiger partial charge in [-0.1, -0.05) is 13.3 Å². The van der Waals surface area contributed by atoms with E-state index < -0.39 is 0 Å². The summed E-state index contributed by atoms with van der Waals surface area (Å²) in [5.41, 5.74) is 0. The first-order valence-electron chi connectivity index (χ1n) is 5.70. The second-order valence-electron chi connectivity index (χ2n) is 4.02. The summed E-state index contributed by atoms with van der Waals surface area (Å²) in [5, 5.41) is 15.5. The Morgan fingerprint density at radius 2 is 2.43 bits per heavy atom. The van der Waals surface area contributed by atoms with Gasteiger partial charge in [0.15, 0.2) is 0 Å². The molecule has 0 spiro atoms. The van der Waals surface area contributed by atoms with Gasteiger partial charge in [0, 0.05) is 18.6 Å². The van der Waals surface area contributed by atoms with Gasteiger partial charge in [0.05, 0.1) is 12.5 Å². The predicted molar refractivity (Wildman–Crippen MR) is 58.0 cm³/mol. The van der Waals surface area contributed by atoms with Crippen molar-refractivity contribution in [2.45, 2.75) is 51.1 Å². The largest absolute Gasteiger partial charge is 0.313 e. The van der Waals surface area contributed by atoms with Gasteiger partial charge in [0.2, 0.25) is 0 Å².